The Labute approximate surface area is 161 Å². The van der Waals surface area contributed by atoms with Crippen LogP contribution in [0.1, 0.15) is 45.1 Å². The number of benzene rings is 1. The lowest BCUT2D eigenvalue weighted by atomic mass is 9.98. The second kappa shape index (κ2) is 9.22. The Balaban J connectivity index is 1.44. The van der Waals surface area contributed by atoms with Crippen LogP contribution in [0.5, 0.6) is 5.75 Å². The van der Waals surface area contributed by atoms with Crippen molar-refractivity contribution in [3.8, 4) is 5.75 Å². The van der Waals surface area contributed by atoms with Gasteiger partial charge < -0.3 is 14.5 Å². The maximum Gasteiger partial charge on any atom is 0.324 e. The number of rotatable bonds is 7. The van der Waals surface area contributed by atoms with E-state index in [1.165, 1.54) is 32.4 Å². The second-order valence-electron chi connectivity index (χ2n) is 7.70. The van der Waals surface area contributed by atoms with Crippen molar-refractivity contribution >= 4 is 11.9 Å². The Hall–Kier alpha value is -2.08. The molecule has 3 amide bonds. The zero-order chi connectivity index (χ0) is 19.2. The van der Waals surface area contributed by atoms with Gasteiger partial charge in [0, 0.05) is 19.1 Å². The fourth-order valence-corrected chi connectivity index (χ4v) is 3.73. The molecular weight excluding hydrogens is 342 g/mol. The van der Waals surface area contributed by atoms with E-state index in [9.17, 15) is 9.59 Å². The highest BCUT2D eigenvalue weighted by Crippen LogP contribution is 2.21. The van der Waals surface area contributed by atoms with E-state index in [4.69, 9.17) is 4.74 Å². The Morgan fingerprint density at radius 3 is 2.48 bits per heavy atom. The van der Waals surface area contributed by atoms with Gasteiger partial charge in [-0.05, 0) is 57.0 Å². The molecule has 2 aliphatic heterocycles. The molecule has 1 aromatic carbocycles. The third-order valence-corrected chi connectivity index (χ3v) is 5.73. The quantitative estimate of drug-likeness (QED) is 0.747. The Morgan fingerprint density at radius 2 is 1.78 bits per heavy atom. The number of hydrogen-bond acceptors (Lipinski definition) is 4. The van der Waals surface area contributed by atoms with Gasteiger partial charge in [-0.2, -0.15) is 0 Å². The van der Waals surface area contributed by atoms with Crippen LogP contribution in [0.3, 0.4) is 0 Å². The van der Waals surface area contributed by atoms with Crippen LogP contribution in [0.25, 0.3) is 0 Å². The first kappa shape index (κ1) is 19.7. The molecule has 0 radical (unpaired) electrons. The molecule has 6 heteroatoms. The number of nitrogens with zero attached hydrogens (tertiary/aromatic N) is 2. The monoisotopic (exact) mass is 373 g/mol. The molecule has 1 aromatic rings. The molecule has 148 valence electrons. The van der Waals surface area contributed by atoms with E-state index in [2.05, 4.69) is 10.2 Å². The molecule has 0 spiro atoms. The number of likely N-dealkylation sites (tertiary alicyclic amines) is 1. The number of nitrogens with one attached hydrogen (secondary N) is 1. The zero-order valence-corrected chi connectivity index (χ0v) is 16.4. The van der Waals surface area contributed by atoms with Gasteiger partial charge >= 0.3 is 6.03 Å². The molecule has 0 bridgehead atoms. The van der Waals surface area contributed by atoms with Gasteiger partial charge in [0.05, 0.1) is 12.5 Å². The van der Waals surface area contributed by atoms with Gasteiger partial charge in [-0.15, -0.1) is 0 Å². The van der Waals surface area contributed by atoms with Crippen LogP contribution in [0.4, 0.5) is 4.79 Å². The summed E-state index contributed by atoms with van der Waals surface area (Å²) >= 11 is 0. The average molecular weight is 373 g/mol. The molecule has 27 heavy (non-hydrogen) atoms. The Kier molecular flexibility index (Phi) is 6.72. The van der Waals surface area contributed by atoms with Crippen molar-refractivity contribution in [2.45, 2.75) is 52.1 Å². The number of imide groups is 1. The largest absolute Gasteiger partial charge is 0.494 e. The summed E-state index contributed by atoms with van der Waals surface area (Å²) < 4.78 is 5.85. The molecule has 0 saturated carbocycles. The number of carbonyl (C=O) groups is 2. The second-order valence-corrected chi connectivity index (χ2v) is 7.70. The van der Waals surface area contributed by atoms with Gasteiger partial charge in [-0.1, -0.05) is 25.5 Å². The predicted molar refractivity (Wildman–Crippen MR) is 105 cm³/mol. The molecule has 2 saturated heterocycles. The molecule has 6 nitrogen and oxygen atoms in total. The van der Waals surface area contributed by atoms with Crippen LogP contribution in [0, 0.1) is 5.92 Å². The fraction of sp³-hybridized carbons (Fsp3) is 0.619. The smallest absolute Gasteiger partial charge is 0.324 e. The van der Waals surface area contributed by atoms with Gasteiger partial charge in [0.25, 0.3) is 0 Å². The topological polar surface area (TPSA) is 61.9 Å². The van der Waals surface area contributed by atoms with E-state index in [-0.39, 0.29) is 23.9 Å². The van der Waals surface area contributed by atoms with E-state index in [1.54, 1.807) is 4.90 Å². The van der Waals surface area contributed by atoms with Crippen LogP contribution < -0.4 is 10.1 Å². The summed E-state index contributed by atoms with van der Waals surface area (Å²) in [6, 6.07) is 7.46. The molecule has 3 rings (SSSR count). The minimum atomic E-state index is -0.316. The summed E-state index contributed by atoms with van der Waals surface area (Å²) in [7, 11) is 0. The summed E-state index contributed by atoms with van der Waals surface area (Å²) in [6.07, 6.45) is 5.05. The molecule has 2 heterocycles. The van der Waals surface area contributed by atoms with Crippen molar-refractivity contribution in [2.75, 3.05) is 26.2 Å². The standard InChI is InChI=1S/C21H31N3O3/c1-16-17(2)24(21(26)22-20(16)25)15-18-7-9-19(10-8-18)27-14-6-13-23-11-4-3-5-12-23/h7-10,16-17H,3-6,11-15H2,1-2H3,(H,22,25,26). The molecule has 2 aliphatic rings. The number of piperidine rings is 1. The Morgan fingerprint density at radius 1 is 1.07 bits per heavy atom. The number of urea groups is 1. The van der Waals surface area contributed by atoms with Gasteiger partial charge in [0.15, 0.2) is 0 Å². The molecule has 2 atom stereocenters. The first-order valence-corrected chi connectivity index (χ1v) is 10.1. The number of ether oxygens (including phenoxy) is 1. The number of hydrogen-bond donors (Lipinski definition) is 1. The van der Waals surface area contributed by atoms with Crippen LogP contribution in [0.2, 0.25) is 0 Å². The van der Waals surface area contributed by atoms with Crippen molar-refractivity contribution in [2.24, 2.45) is 5.92 Å². The number of amides is 3. The predicted octanol–water partition coefficient (Wildman–Crippen LogP) is 3.02. The van der Waals surface area contributed by atoms with Crippen LogP contribution in [0.15, 0.2) is 24.3 Å². The lowest BCUT2D eigenvalue weighted by molar-refractivity contribution is -0.127. The third-order valence-electron chi connectivity index (χ3n) is 5.73. The summed E-state index contributed by atoms with van der Waals surface area (Å²) in [6.45, 7) is 8.53. The average Bonchev–Trinajstić information content (AvgIpc) is 2.69. The summed E-state index contributed by atoms with van der Waals surface area (Å²) in [4.78, 5) is 28.0. The maximum absolute atomic E-state index is 12.1. The van der Waals surface area contributed by atoms with Gasteiger partial charge in [-0.25, -0.2) is 4.79 Å². The first-order chi connectivity index (χ1) is 13.0. The highest BCUT2D eigenvalue weighted by Gasteiger charge is 2.35. The molecule has 1 N–H and O–H groups in total. The van der Waals surface area contributed by atoms with Crippen molar-refractivity contribution in [1.29, 1.82) is 0 Å². The van der Waals surface area contributed by atoms with Crippen LogP contribution >= 0.6 is 0 Å². The van der Waals surface area contributed by atoms with Crippen LogP contribution in [-0.4, -0.2) is 54.0 Å². The number of carbonyl (C=O) groups excluding carboxylic acids is 2. The van der Waals surface area contributed by atoms with Gasteiger partial charge in [0.1, 0.15) is 5.75 Å². The van der Waals surface area contributed by atoms with Gasteiger partial charge in [0.2, 0.25) is 5.91 Å². The first-order valence-electron chi connectivity index (χ1n) is 10.1. The van der Waals surface area contributed by atoms with E-state index >= 15 is 0 Å². The zero-order valence-electron chi connectivity index (χ0n) is 16.4. The van der Waals surface area contributed by atoms with E-state index in [0.717, 1.165) is 30.9 Å². The minimum Gasteiger partial charge on any atom is -0.494 e. The van der Waals surface area contributed by atoms with Crippen molar-refractivity contribution in [3.05, 3.63) is 29.8 Å². The molecular formula is C21H31N3O3. The van der Waals surface area contributed by atoms with Crippen molar-refractivity contribution in [1.82, 2.24) is 15.1 Å². The SMILES string of the molecule is CC1C(=O)NC(=O)N(Cc2ccc(OCCCN3CCCCC3)cc2)C1C. The van der Waals surface area contributed by atoms with Crippen molar-refractivity contribution < 1.29 is 14.3 Å². The van der Waals surface area contributed by atoms with E-state index in [1.807, 2.05) is 38.1 Å². The summed E-state index contributed by atoms with van der Waals surface area (Å²) in [5.74, 6) is 0.458. The normalized spacial score (nSPS) is 24.0. The Bertz CT molecular complexity index is 641. The van der Waals surface area contributed by atoms with E-state index in [0.29, 0.717) is 6.54 Å². The van der Waals surface area contributed by atoms with Crippen LogP contribution in [-0.2, 0) is 11.3 Å². The molecule has 0 aliphatic carbocycles. The van der Waals surface area contributed by atoms with Gasteiger partial charge in [-0.3, -0.25) is 10.1 Å². The maximum atomic E-state index is 12.1. The van der Waals surface area contributed by atoms with Crippen molar-refractivity contribution in [3.63, 3.8) is 0 Å². The highest BCUT2D eigenvalue weighted by molar-refractivity contribution is 5.98. The van der Waals surface area contributed by atoms with E-state index < -0.39 is 0 Å². The molecule has 0 aromatic heterocycles. The highest BCUT2D eigenvalue weighted by atomic mass is 16.5. The summed E-state index contributed by atoms with van der Waals surface area (Å²) in [5.41, 5.74) is 1.03. The fourth-order valence-electron chi connectivity index (χ4n) is 3.73. The summed E-state index contributed by atoms with van der Waals surface area (Å²) in [5, 5.41) is 2.42. The lowest BCUT2D eigenvalue weighted by Crippen LogP contribution is -2.57. The molecule has 2 fully saturated rings. The lowest BCUT2D eigenvalue weighted by Gasteiger charge is -2.37. The molecule has 2 unspecified atom stereocenters. The third kappa shape index (κ3) is 5.22. The minimum absolute atomic E-state index is 0.114.